The van der Waals surface area contributed by atoms with Crippen LogP contribution in [0.25, 0.3) is 6.08 Å². The zero-order chi connectivity index (χ0) is 17.9. The summed E-state index contributed by atoms with van der Waals surface area (Å²) in [6.45, 7) is 1.75. The second-order valence-electron chi connectivity index (χ2n) is 5.92. The molecule has 0 saturated carbocycles. The first kappa shape index (κ1) is 19.9. The van der Waals surface area contributed by atoms with Crippen LogP contribution in [0.1, 0.15) is 12.1 Å². The fourth-order valence-electron chi connectivity index (χ4n) is 2.39. The van der Waals surface area contributed by atoms with Crippen molar-refractivity contribution in [3.63, 3.8) is 0 Å². The first-order chi connectivity index (χ1) is 12.2. The number of allylic oxidation sites excluding steroid dienone is 6. The van der Waals surface area contributed by atoms with Gasteiger partial charge in [0.25, 0.3) is 0 Å². The molecule has 0 fully saturated rings. The van der Waals surface area contributed by atoms with Crippen molar-refractivity contribution in [2.75, 3.05) is 32.1 Å². The van der Waals surface area contributed by atoms with Gasteiger partial charge in [0.15, 0.2) is 12.7 Å². The number of likely N-dealkylation sites (N-methyl/N-ethyl adjacent to an activating group) is 1. The van der Waals surface area contributed by atoms with Crippen LogP contribution in [-0.4, -0.2) is 37.0 Å². The molecule has 0 spiro atoms. The minimum Gasteiger partial charge on any atom is -0.378 e. The summed E-state index contributed by atoms with van der Waals surface area (Å²) < 4.78 is 2.31. The second kappa shape index (κ2) is 11.2. The lowest BCUT2D eigenvalue weighted by Gasteiger charge is -2.11. The van der Waals surface area contributed by atoms with E-state index < -0.39 is 0 Å². The topological polar surface area (TPSA) is 33.1 Å². The quantitative estimate of drug-likeness (QED) is 0.406. The van der Waals surface area contributed by atoms with Crippen molar-refractivity contribution in [2.45, 2.75) is 13.0 Å². The lowest BCUT2D eigenvalue weighted by molar-refractivity contribution is -0.694. The van der Waals surface area contributed by atoms with E-state index in [1.807, 2.05) is 21.6 Å². The molecule has 5 heteroatoms. The third-order valence-electron chi connectivity index (χ3n) is 3.77. The van der Waals surface area contributed by atoms with Gasteiger partial charge in [0, 0.05) is 50.3 Å². The van der Waals surface area contributed by atoms with Crippen molar-refractivity contribution >= 4 is 27.7 Å². The highest BCUT2D eigenvalue weighted by Crippen LogP contribution is 2.19. The lowest BCUT2D eigenvalue weighted by atomic mass is 10.1. The Bertz CT molecular complexity index is 661. The van der Waals surface area contributed by atoms with Gasteiger partial charge < -0.3 is 10.6 Å². The standard InChI is InChI=1S/C20H28N3S2/c1-22(2)19-8-5-6-18(9-11-19)10-12-20-7-3-4-14-23(20)15-17-25-24-16-13-21/h3-5,7-12,14H,6,13,15-17,21H2,1-2H3/q+1. The molecule has 0 radical (unpaired) electrons. The largest absolute Gasteiger partial charge is 0.378 e. The molecular formula is C20H28N3S2+. The van der Waals surface area contributed by atoms with Crippen LogP contribution in [0.5, 0.6) is 0 Å². The van der Waals surface area contributed by atoms with Crippen LogP contribution < -0.4 is 10.3 Å². The molecule has 1 heterocycles. The van der Waals surface area contributed by atoms with Gasteiger partial charge in [-0.3, -0.25) is 0 Å². The maximum atomic E-state index is 5.53. The Morgan fingerprint density at radius 3 is 2.80 bits per heavy atom. The first-order valence-electron chi connectivity index (χ1n) is 8.56. The third-order valence-corrected chi connectivity index (χ3v) is 6.19. The van der Waals surface area contributed by atoms with E-state index in [1.165, 1.54) is 17.0 Å². The number of nitrogens with two attached hydrogens (primary N) is 1. The average Bonchev–Trinajstić information content (AvgIpc) is 2.86. The number of hydrogen-bond acceptors (Lipinski definition) is 4. The van der Waals surface area contributed by atoms with E-state index in [4.69, 9.17) is 5.73 Å². The number of nitrogens with zero attached hydrogens (tertiary/aromatic N) is 2. The van der Waals surface area contributed by atoms with Crippen molar-refractivity contribution in [1.29, 1.82) is 0 Å². The van der Waals surface area contributed by atoms with Crippen LogP contribution in [0.2, 0.25) is 0 Å². The van der Waals surface area contributed by atoms with Crippen molar-refractivity contribution in [3.05, 3.63) is 71.7 Å². The van der Waals surface area contributed by atoms with E-state index in [0.717, 1.165) is 31.0 Å². The van der Waals surface area contributed by atoms with Gasteiger partial charge >= 0.3 is 0 Å². The van der Waals surface area contributed by atoms with Crippen molar-refractivity contribution in [2.24, 2.45) is 5.73 Å². The Labute approximate surface area is 159 Å². The van der Waals surface area contributed by atoms with Gasteiger partial charge in [-0.15, -0.1) is 0 Å². The molecule has 0 unspecified atom stereocenters. The molecule has 0 bridgehead atoms. The highest BCUT2D eigenvalue weighted by molar-refractivity contribution is 8.76. The van der Waals surface area contributed by atoms with Crippen LogP contribution in [0.3, 0.4) is 0 Å². The zero-order valence-electron chi connectivity index (χ0n) is 15.1. The molecule has 1 aromatic rings. The maximum Gasteiger partial charge on any atom is 0.205 e. The Morgan fingerprint density at radius 2 is 2.00 bits per heavy atom. The van der Waals surface area contributed by atoms with Crippen molar-refractivity contribution in [1.82, 2.24) is 4.90 Å². The van der Waals surface area contributed by atoms with E-state index in [2.05, 4.69) is 84.4 Å². The lowest BCUT2D eigenvalue weighted by Crippen LogP contribution is -2.37. The molecule has 0 amide bonds. The number of aryl methyl sites for hydroxylation is 1. The van der Waals surface area contributed by atoms with E-state index >= 15 is 0 Å². The minimum absolute atomic E-state index is 0.748. The molecule has 0 aliphatic heterocycles. The minimum atomic E-state index is 0.748. The molecule has 134 valence electrons. The molecule has 0 atom stereocenters. The number of aromatic nitrogens is 1. The van der Waals surface area contributed by atoms with Gasteiger partial charge in [0.05, 0.1) is 5.75 Å². The van der Waals surface area contributed by atoms with Crippen molar-refractivity contribution in [3.8, 4) is 0 Å². The summed E-state index contributed by atoms with van der Waals surface area (Å²) in [4.78, 5) is 2.13. The summed E-state index contributed by atoms with van der Waals surface area (Å²) in [6.07, 6.45) is 16.3. The van der Waals surface area contributed by atoms with Gasteiger partial charge in [-0.1, -0.05) is 39.8 Å². The fraction of sp³-hybridized carbons (Fsp3) is 0.350. The summed E-state index contributed by atoms with van der Waals surface area (Å²) in [5.41, 5.74) is 9.30. The van der Waals surface area contributed by atoms with Gasteiger partial charge in [-0.2, -0.15) is 4.57 Å². The molecule has 1 aromatic heterocycles. The molecular weight excluding hydrogens is 346 g/mol. The zero-order valence-corrected chi connectivity index (χ0v) is 16.7. The predicted molar refractivity (Wildman–Crippen MR) is 113 cm³/mol. The summed E-state index contributed by atoms with van der Waals surface area (Å²) >= 11 is 0. The van der Waals surface area contributed by atoms with Crippen LogP contribution in [0.15, 0.2) is 66.0 Å². The smallest absolute Gasteiger partial charge is 0.205 e. The Hall–Kier alpha value is -1.43. The van der Waals surface area contributed by atoms with E-state index in [-0.39, 0.29) is 0 Å². The molecule has 0 saturated heterocycles. The van der Waals surface area contributed by atoms with E-state index in [9.17, 15) is 0 Å². The maximum absolute atomic E-state index is 5.53. The van der Waals surface area contributed by atoms with Gasteiger partial charge in [-0.25, -0.2) is 0 Å². The summed E-state index contributed by atoms with van der Waals surface area (Å²) in [7, 11) is 7.89. The molecule has 0 aromatic carbocycles. The molecule has 2 rings (SSSR count). The van der Waals surface area contributed by atoms with Gasteiger partial charge in [-0.05, 0) is 30.2 Å². The molecule has 25 heavy (non-hydrogen) atoms. The third kappa shape index (κ3) is 7.14. The van der Waals surface area contributed by atoms with Crippen LogP contribution >= 0.6 is 21.6 Å². The molecule has 1 aliphatic rings. The fourth-order valence-corrected chi connectivity index (χ4v) is 4.21. The highest BCUT2D eigenvalue weighted by Gasteiger charge is 2.07. The van der Waals surface area contributed by atoms with Crippen molar-refractivity contribution < 1.29 is 4.57 Å². The Balaban J connectivity index is 2.00. The summed E-state index contributed by atoms with van der Waals surface area (Å²) in [6, 6.07) is 6.36. The van der Waals surface area contributed by atoms with E-state index in [1.54, 1.807) is 0 Å². The SMILES string of the molecule is CN(C)C1=CC=C(/C=C/c2cccc[n+]2CCSSCCN)CC=C1. The predicted octanol–water partition coefficient (Wildman–Crippen LogP) is 3.66. The first-order valence-corrected chi connectivity index (χ1v) is 11.1. The highest BCUT2D eigenvalue weighted by atomic mass is 33.1. The van der Waals surface area contributed by atoms with Crippen LogP contribution in [0, 0.1) is 0 Å². The number of pyridine rings is 1. The molecule has 1 aliphatic carbocycles. The Kier molecular flexibility index (Phi) is 8.94. The molecule has 3 nitrogen and oxygen atoms in total. The summed E-state index contributed by atoms with van der Waals surface area (Å²) in [5, 5.41) is 0. The van der Waals surface area contributed by atoms with Gasteiger partial charge in [0.2, 0.25) is 5.69 Å². The van der Waals surface area contributed by atoms with E-state index in [0.29, 0.717) is 0 Å². The molecule has 2 N–H and O–H groups in total. The van der Waals surface area contributed by atoms with Crippen LogP contribution in [-0.2, 0) is 6.54 Å². The van der Waals surface area contributed by atoms with Crippen LogP contribution in [0.4, 0.5) is 0 Å². The normalized spacial score (nSPS) is 14.4. The monoisotopic (exact) mass is 374 g/mol. The average molecular weight is 375 g/mol. The second-order valence-corrected chi connectivity index (χ2v) is 8.62. The van der Waals surface area contributed by atoms with Gasteiger partial charge in [0.1, 0.15) is 0 Å². The Morgan fingerprint density at radius 1 is 1.16 bits per heavy atom. The number of rotatable bonds is 9. The summed E-state index contributed by atoms with van der Waals surface area (Å²) in [5.74, 6) is 2.10. The number of hydrogen-bond donors (Lipinski definition) is 1.